The summed E-state index contributed by atoms with van der Waals surface area (Å²) < 4.78 is 2.54. The van der Waals surface area contributed by atoms with Gasteiger partial charge in [0.05, 0.1) is 23.0 Å². The van der Waals surface area contributed by atoms with Crippen LogP contribution < -0.4 is 0 Å². The Balaban J connectivity index is 2.03. The van der Waals surface area contributed by atoms with Gasteiger partial charge in [-0.2, -0.15) is 5.10 Å². The molecule has 0 N–H and O–H groups in total. The Hall–Kier alpha value is -1.11. The van der Waals surface area contributed by atoms with Crippen molar-refractivity contribution >= 4 is 33.5 Å². The summed E-state index contributed by atoms with van der Waals surface area (Å²) in [4.78, 5) is 15.6. The summed E-state index contributed by atoms with van der Waals surface area (Å²) in [5, 5.41) is 4.28. The van der Waals surface area contributed by atoms with E-state index in [1.165, 1.54) is 0 Å². The van der Waals surface area contributed by atoms with Gasteiger partial charge in [-0.25, -0.2) is 0 Å². The first-order valence-electron chi connectivity index (χ1n) is 6.65. The minimum absolute atomic E-state index is 0.0898. The van der Waals surface area contributed by atoms with Crippen molar-refractivity contribution in [2.75, 3.05) is 26.4 Å². The van der Waals surface area contributed by atoms with E-state index in [0.717, 1.165) is 15.9 Å². The number of Topliss-reactive ketones (excluding diaryl/α,β-unsaturated/α-hetero) is 1. The molecule has 0 aliphatic carbocycles. The number of rotatable bonds is 7. The smallest absolute Gasteiger partial charge is 0.192 e. The van der Waals surface area contributed by atoms with Crippen LogP contribution in [0.4, 0.5) is 0 Å². The van der Waals surface area contributed by atoms with Crippen molar-refractivity contribution in [1.29, 1.82) is 0 Å². The molecule has 0 saturated heterocycles. The third-order valence-electron chi connectivity index (χ3n) is 2.93. The van der Waals surface area contributed by atoms with E-state index >= 15 is 0 Å². The quantitative estimate of drug-likeness (QED) is 0.556. The molecule has 0 saturated carbocycles. The van der Waals surface area contributed by atoms with E-state index in [2.05, 4.69) is 25.9 Å². The Morgan fingerprint density at radius 3 is 2.71 bits per heavy atom. The van der Waals surface area contributed by atoms with Gasteiger partial charge < -0.3 is 4.90 Å². The van der Waals surface area contributed by atoms with Gasteiger partial charge in [-0.05, 0) is 42.2 Å². The monoisotopic (exact) mass is 367 g/mol. The first-order chi connectivity index (χ1) is 10.1. The first-order valence-corrected chi connectivity index (χ1v) is 8.43. The zero-order chi connectivity index (χ0) is 15.2. The summed E-state index contributed by atoms with van der Waals surface area (Å²) in [6.07, 6.45) is 1.69. The highest BCUT2D eigenvalue weighted by Crippen LogP contribution is 2.22. The van der Waals surface area contributed by atoms with E-state index in [1.54, 1.807) is 22.6 Å². The molecule has 0 radical (unpaired) electrons. The topological polar surface area (TPSA) is 38.1 Å². The number of likely N-dealkylation sites (N-methyl/N-ethyl adjacent to an activating group) is 1. The Kier molecular flexibility index (Phi) is 6.02. The van der Waals surface area contributed by atoms with Crippen molar-refractivity contribution in [3.63, 3.8) is 0 Å². The number of carbonyl (C=O) groups is 1. The summed E-state index contributed by atoms with van der Waals surface area (Å²) in [5.74, 6) is 0.503. The highest BCUT2D eigenvalue weighted by Gasteiger charge is 2.17. The second-order valence-corrected chi connectivity index (χ2v) is 6.80. The molecule has 0 fully saturated rings. The fourth-order valence-electron chi connectivity index (χ4n) is 1.84. The van der Waals surface area contributed by atoms with Crippen molar-refractivity contribution in [3.05, 3.63) is 46.7 Å². The lowest BCUT2D eigenvalue weighted by molar-refractivity contribution is 0.101. The fourth-order valence-corrected chi connectivity index (χ4v) is 3.14. The van der Waals surface area contributed by atoms with Crippen LogP contribution in [0.5, 0.6) is 0 Å². The van der Waals surface area contributed by atoms with E-state index in [1.807, 2.05) is 44.4 Å². The third kappa shape index (κ3) is 4.69. The van der Waals surface area contributed by atoms with Crippen molar-refractivity contribution in [2.24, 2.45) is 0 Å². The van der Waals surface area contributed by atoms with Crippen LogP contribution in [0.25, 0.3) is 0 Å². The lowest BCUT2D eigenvalue weighted by atomic mass is 10.3. The van der Waals surface area contributed by atoms with E-state index < -0.39 is 0 Å². The maximum absolute atomic E-state index is 12.4. The molecule has 1 heterocycles. The average Bonchev–Trinajstić information content (AvgIpc) is 2.85. The van der Waals surface area contributed by atoms with Gasteiger partial charge in [-0.3, -0.25) is 9.48 Å². The molecule has 1 aromatic carbocycles. The van der Waals surface area contributed by atoms with Crippen LogP contribution in [0.3, 0.4) is 0 Å². The molecule has 0 atom stereocenters. The van der Waals surface area contributed by atoms with Crippen LogP contribution in [0.1, 0.15) is 10.5 Å². The van der Waals surface area contributed by atoms with Gasteiger partial charge in [-0.15, -0.1) is 11.8 Å². The minimum atomic E-state index is 0.0898. The van der Waals surface area contributed by atoms with Crippen molar-refractivity contribution in [3.8, 4) is 0 Å². The molecular formula is C15H18BrN3OS. The van der Waals surface area contributed by atoms with Gasteiger partial charge in [0, 0.05) is 11.4 Å². The van der Waals surface area contributed by atoms with Crippen LogP contribution in [-0.2, 0) is 6.54 Å². The molecule has 2 aromatic rings. The van der Waals surface area contributed by atoms with Gasteiger partial charge >= 0.3 is 0 Å². The maximum atomic E-state index is 12.4. The van der Waals surface area contributed by atoms with Crippen molar-refractivity contribution < 1.29 is 4.79 Å². The highest BCUT2D eigenvalue weighted by atomic mass is 79.9. The van der Waals surface area contributed by atoms with E-state index in [9.17, 15) is 4.79 Å². The SMILES string of the molecule is CN(C)CCn1ncc(Br)c1C(=O)CSc1ccccc1. The predicted molar refractivity (Wildman–Crippen MR) is 90.0 cm³/mol. The molecule has 0 spiro atoms. The van der Waals surface area contributed by atoms with Crippen LogP contribution in [0, 0.1) is 0 Å². The number of nitrogens with zero attached hydrogens (tertiary/aromatic N) is 3. The van der Waals surface area contributed by atoms with Crippen molar-refractivity contribution in [2.45, 2.75) is 11.4 Å². The van der Waals surface area contributed by atoms with Gasteiger partial charge in [0.25, 0.3) is 0 Å². The molecule has 0 bridgehead atoms. The number of hydrogen-bond acceptors (Lipinski definition) is 4. The Morgan fingerprint density at radius 1 is 1.33 bits per heavy atom. The number of aromatic nitrogens is 2. The molecule has 6 heteroatoms. The molecule has 0 unspecified atom stereocenters. The highest BCUT2D eigenvalue weighted by molar-refractivity contribution is 9.10. The minimum Gasteiger partial charge on any atom is -0.308 e. The van der Waals surface area contributed by atoms with E-state index in [-0.39, 0.29) is 5.78 Å². The zero-order valence-corrected chi connectivity index (χ0v) is 14.5. The van der Waals surface area contributed by atoms with E-state index in [0.29, 0.717) is 18.0 Å². The first kappa shape index (κ1) is 16.3. The number of thioether (sulfide) groups is 1. The van der Waals surface area contributed by atoms with Gasteiger partial charge in [0.2, 0.25) is 0 Å². The number of hydrogen-bond donors (Lipinski definition) is 0. The zero-order valence-electron chi connectivity index (χ0n) is 12.1. The fraction of sp³-hybridized carbons (Fsp3) is 0.333. The predicted octanol–water partition coefficient (Wildman–Crippen LogP) is 3.18. The summed E-state index contributed by atoms with van der Waals surface area (Å²) in [6, 6.07) is 9.94. The summed E-state index contributed by atoms with van der Waals surface area (Å²) >= 11 is 4.97. The van der Waals surface area contributed by atoms with Crippen LogP contribution in [0.2, 0.25) is 0 Å². The van der Waals surface area contributed by atoms with Crippen LogP contribution in [0.15, 0.2) is 45.9 Å². The number of ketones is 1. The summed E-state index contributed by atoms with van der Waals surface area (Å²) in [6.45, 7) is 1.55. The summed E-state index contributed by atoms with van der Waals surface area (Å²) in [7, 11) is 4.01. The largest absolute Gasteiger partial charge is 0.308 e. The van der Waals surface area contributed by atoms with Crippen LogP contribution in [-0.4, -0.2) is 46.9 Å². The molecule has 1 aromatic heterocycles. The molecule has 0 amide bonds. The lowest BCUT2D eigenvalue weighted by Gasteiger charge is -2.11. The normalized spacial score (nSPS) is 11.0. The summed E-state index contributed by atoms with van der Waals surface area (Å²) in [5.41, 5.74) is 0.653. The standard InChI is InChI=1S/C15H18BrN3OS/c1-18(2)8-9-19-15(13(16)10-17-19)14(20)11-21-12-6-4-3-5-7-12/h3-7,10H,8-9,11H2,1-2H3. The van der Waals surface area contributed by atoms with Gasteiger partial charge in [-0.1, -0.05) is 18.2 Å². The molecule has 4 nitrogen and oxygen atoms in total. The van der Waals surface area contributed by atoms with Crippen molar-refractivity contribution in [1.82, 2.24) is 14.7 Å². The second kappa shape index (κ2) is 7.77. The molecule has 0 aliphatic rings. The molecule has 112 valence electrons. The Labute approximate surface area is 137 Å². The number of benzene rings is 1. The Bertz CT molecular complexity index is 598. The molecule has 0 aliphatic heterocycles. The van der Waals surface area contributed by atoms with E-state index in [4.69, 9.17) is 0 Å². The van der Waals surface area contributed by atoms with Gasteiger partial charge in [0.15, 0.2) is 5.78 Å². The number of carbonyl (C=O) groups excluding carboxylic acids is 1. The third-order valence-corrected chi connectivity index (χ3v) is 4.52. The molecule has 2 rings (SSSR count). The number of halogens is 1. The lowest BCUT2D eigenvalue weighted by Crippen LogP contribution is -2.22. The molecule has 21 heavy (non-hydrogen) atoms. The van der Waals surface area contributed by atoms with Gasteiger partial charge in [0.1, 0.15) is 5.69 Å². The molecular weight excluding hydrogens is 350 g/mol. The van der Waals surface area contributed by atoms with Crippen LogP contribution >= 0.6 is 27.7 Å². The maximum Gasteiger partial charge on any atom is 0.192 e. The Morgan fingerprint density at radius 2 is 2.05 bits per heavy atom. The second-order valence-electron chi connectivity index (χ2n) is 4.89. The average molecular weight is 368 g/mol.